The maximum absolute atomic E-state index is 7.03. The average molecular weight is 775 g/mol. The van der Waals surface area contributed by atoms with Crippen LogP contribution in [0.5, 0.6) is 0 Å². The third kappa shape index (κ3) is 12.6. The van der Waals surface area contributed by atoms with Crippen LogP contribution in [-0.2, 0) is 75.7 Å². The van der Waals surface area contributed by atoms with Crippen LogP contribution in [0.2, 0.25) is 0 Å². The normalized spacial score (nSPS) is 24.9. The highest BCUT2D eigenvalue weighted by Crippen LogP contribution is 2.34. The smallest absolute Gasteiger partial charge is 0.161 e. The highest BCUT2D eigenvalue weighted by molar-refractivity contribution is 5.17. The Hall–Kier alpha value is -4.26. The monoisotopic (exact) mass is 774 g/mol. The van der Waals surface area contributed by atoms with Gasteiger partial charge in [0, 0.05) is 20.0 Å². The van der Waals surface area contributed by atoms with Crippen molar-refractivity contribution < 1.29 is 42.6 Å². The van der Waals surface area contributed by atoms with E-state index in [1.54, 1.807) is 7.11 Å². The Kier molecular flexibility index (Phi) is 15.8. The molecule has 3 unspecified atom stereocenters. The fourth-order valence-corrected chi connectivity index (χ4v) is 7.24. The van der Waals surface area contributed by atoms with Crippen molar-refractivity contribution in [1.29, 1.82) is 0 Å². The first-order valence-corrected chi connectivity index (χ1v) is 19.9. The molecule has 9 heteroatoms. The van der Waals surface area contributed by atoms with E-state index in [0.717, 1.165) is 27.8 Å². The van der Waals surface area contributed by atoms with Gasteiger partial charge < -0.3 is 42.6 Å². The van der Waals surface area contributed by atoms with Gasteiger partial charge in [0.15, 0.2) is 12.6 Å². The van der Waals surface area contributed by atoms with E-state index in [4.69, 9.17) is 42.6 Å². The van der Waals surface area contributed by atoms with Crippen molar-refractivity contribution in [2.45, 2.75) is 95.1 Å². The molecule has 0 N–H and O–H groups in total. The summed E-state index contributed by atoms with van der Waals surface area (Å²) in [5.74, 6) is 0. The van der Waals surface area contributed by atoms with Crippen molar-refractivity contribution in [2.75, 3.05) is 20.3 Å². The summed E-state index contributed by atoms with van der Waals surface area (Å²) in [6.45, 7) is 2.59. The van der Waals surface area contributed by atoms with Gasteiger partial charge >= 0.3 is 0 Å². The van der Waals surface area contributed by atoms with Gasteiger partial charge in [-0.1, -0.05) is 152 Å². The van der Waals surface area contributed by atoms with E-state index >= 15 is 0 Å². The van der Waals surface area contributed by atoms with Crippen LogP contribution in [-0.4, -0.2) is 69.5 Å². The summed E-state index contributed by atoms with van der Waals surface area (Å²) in [6.07, 6.45) is -3.11. The number of benzene rings is 5. The molecule has 0 radical (unpaired) electrons. The van der Waals surface area contributed by atoms with E-state index in [9.17, 15) is 0 Å². The predicted octanol–water partition coefficient (Wildman–Crippen LogP) is 8.44. The second-order valence-corrected chi connectivity index (χ2v) is 14.4. The topological polar surface area (TPSA) is 83.1 Å². The van der Waals surface area contributed by atoms with Crippen LogP contribution >= 0.6 is 0 Å². The molecular weight excluding hydrogens is 721 g/mol. The first-order chi connectivity index (χ1) is 28.2. The van der Waals surface area contributed by atoms with Crippen LogP contribution in [0.3, 0.4) is 0 Å². The minimum Gasteiger partial charge on any atom is -0.374 e. The Morgan fingerprint density at radius 3 is 1.21 bits per heavy atom. The van der Waals surface area contributed by atoms with Crippen LogP contribution in [0.15, 0.2) is 152 Å². The number of rotatable bonds is 20. The highest BCUT2D eigenvalue weighted by Gasteiger charge is 2.46. The first-order valence-electron chi connectivity index (χ1n) is 19.9. The molecule has 2 fully saturated rings. The third-order valence-electron chi connectivity index (χ3n) is 10.2. The molecule has 8 atom stereocenters. The maximum Gasteiger partial charge on any atom is 0.161 e. The zero-order valence-corrected chi connectivity index (χ0v) is 32.6. The summed E-state index contributed by atoms with van der Waals surface area (Å²) >= 11 is 0. The summed E-state index contributed by atoms with van der Waals surface area (Å²) in [7, 11) is 1.65. The minimum absolute atomic E-state index is 0.262. The molecule has 0 saturated carbocycles. The number of hydrogen-bond donors (Lipinski definition) is 0. The van der Waals surface area contributed by atoms with Gasteiger partial charge in [-0.3, -0.25) is 0 Å². The lowest BCUT2D eigenvalue weighted by Crippen LogP contribution is -2.58. The van der Waals surface area contributed by atoms with Crippen LogP contribution in [0.4, 0.5) is 0 Å². The quantitative estimate of drug-likeness (QED) is 0.0774. The Balaban J connectivity index is 1.13. The summed E-state index contributed by atoms with van der Waals surface area (Å²) in [5.41, 5.74) is 5.33. The van der Waals surface area contributed by atoms with E-state index in [2.05, 4.69) is 48.5 Å². The molecule has 9 nitrogen and oxygen atoms in total. The SMILES string of the molecule is CO[C@@H]1CC(OCc2ccccc2)[C@H](OC2CC(OCc3ccccc3)[C@H](OCc3ccccc3)[C@@H](COCc3ccccc3)O2)[C@@H](COCc2ccccc2)O1. The minimum atomic E-state index is -0.695. The van der Waals surface area contributed by atoms with Crippen molar-refractivity contribution in [3.05, 3.63) is 179 Å². The molecule has 2 aliphatic rings. The standard InChI is InChI=1S/C48H54O9/c1-49-45-27-42(53-32-39-23-13-5-14-24-39)48(44(55-45)35-51-30-37-19-9-3-10-20-37)57-46-28-41(52-31-38-21-11-4-12-22-38)47(54-33-40-25-15-6-16-26-40)43(56-46)34-50-29-36-17-7-2-8-18-36/h2-26,41-48H,27-35H2,1H3/t41?,42?,43-,44-,45+,46?,47+,48+/m1/s1. The van der Waals surface area contributed by atoms with E-state index in [-0.39, 0.29) is 25.4 Å². The molecule has 2 aliphatic heterocycles. The third-order valence-corrected chi connectivity index (χ3v) is 10.2. The van der Waals surface area contributed by atoms with Gasteiger partial charge in [-0.2, -0.15) is 0 Å². The molecular formula is C48H54O9. The van der Waals surface area contributed by atoms with Gasteiger partial charge in [0.1, 0.15) is 24.4 Å². The maximum atomic E-state index is 7.03. The molecule has 0 aromatic heterocycles. The molecule has 0 amide bonds. The van der Waals surface area contributed by atoms with Gasteiger partial charge in [-0.15, -0.1) is 0 Å². The lowest BCUT2D eigenvalue weighted by molar-refractivity contribution is -0.331. The molecule has 0 bridgehead atoms. The van der Waals surface area contributed by atoms with Crippen LogP contribution < -0.4 is 0 Å². The highest BCUT2D eigenvalue weighted by atomic mass is 16.7. The fraction of sp³-hybridized carbons (Fsp3) is 0.375. The predicted molar refractivity (Wildman–Crippen MR) is 216 cm³/mol. The number of hydrogen-bond acceptors (Lipinski definition) is 9. The van der Waals surface area contributed by atoms with Gasteiger partial charge in [-0.25, -0.2) is 0 Å². The zero-order chi connectivity index (χ0) is 38.9. The summed E-state index contributed by atoms with van der Waals surface area (Å²) in [4.78, 5) is 0. The van der Waals surface area contributed by atoms with Crippen LogP contribution in [0, 0.1) is 0 Å². The van der Waals surface area contributed by atoms with E-state index < -0.39 is 37.0 Å². The molecule has 5 aromatic rings. The molecule has 0 spiro atoms. The van der Waals surface area contributed by atoms with Crippen molar-refractivity contribution in [3.63, 3.8) is 0 Å². The lowest BCUT2D eigenvalue weighted by Gasteiger charge is -2.45. The summed E-state index contributed by atoms with van der Waals surface area (Å²) < 4.78 is 58.9. The zero-order valence-electron chi connectivity index (χ0n) is 32.6. The van der Waals surface area contributed by atoms with Gasteiger partial charge in [0.2, 0.25) is 0 Å². The van der Waals surface area contributed by atoms with Crippen LogP contribution in [0.1, 0.15) is 40.7 Å². The Labute approximate surface area is 336 Å². The van der Waals surface area contributed by atoms with Gasteiger partial charge in [-0.05, 0) is 27.8 Å². The van der Waals surface area contributed by atoms with Crippen molar-refractivity contribution in [3.8, 4) is 0 Å². The Bertz CT molecular complexity index is 1820. The second-order valence-electron chi connectivity index (χ2n) is 14.4. The van der Waals surface area contributed by atoms with Crippen molar-refractivity contribution in [2.24, 2.45) is 0 Å². The Morgan fingerprint density at radius 2 is 0.772 bits per heavy atom. The molecule has 7 rings (SSSR count). The fourth-order valence-electron chi connectivity index (χ4n) is 7.24. The van der Waals surface area contributed by atoms with E-state index in [1.165, 1.54) is 0 Å². The molecule has 2 saturated heterocycles. The molecule has 0 aliphatic carbocycles. The first kappa shape index (κ1) is 40.9. The summed E-state index contributed by atoms with van der Waals surface area (Å²) in [5, 5.41) is 0. The average Bonchev–Trinajstić information content (AvgIpc) is 3.27. The van der Waals surface area contributed by atoms with Crippen LogP contribution in [0.25, 0.3) is 0 Å². The molecule has 57 heavy (non-hydrogen) atoms. The largest absolute Gasteiger partial charge is 0.374 e. The second kappa shape index (κ2) is 22.0. The molecule has 2 heterocycles. The van der Waals surface area contributed by atoms with Crippen molar-refractivity contribution in [1.82, 2.24) is 0 Å². The Morgan fingerprint density at radius 1 is 0.421 bits per heavy atom. The molecule has 5 aromatic carbocycles. The number of ether oxygens (including phenoxy) is 9. The van der Waals surface area contributed by atoms with E-state index in [1.807, 2.05) is 103 Å². The lowest BCUT2D eigenvalue weighted by atomic mass is 9.98. The van der Waals surface area contributed by atoms with Crippen molar-refractivity contribution >= 4 is 0 Å². The van der Waals surface area contributed by atoms with E-state index in [0.29, 0.717) is 45.9 Å². The molecule has 300 valence electrons. The van der Waals surface area contributed by atoms with Gasteiger partial charge in [0.05, 0.1) is 58.5 Å². The summed E-state index contributed by atoms with van der Waals surface area (Å²) in [6, 6.07) is 50.6. The van der Waals surface area contributed by atoms with Gasteiger partial charge in [0.25, 0.3) is 0 Å². The number of methoxy groups -OCH3 is 1.